The second kappa shape index (κ2) is 6.73. The van der Waals surface area contributed by atoms with Crippen molar-refractivity contribution in [2.45, 2.75) is 10.6 Å². The van der Waals surface area contributed by atoms with Gasteiger partial charge in [0.05, 0.1) is 12.4 Å². The quantitative estimate of drug-likeness (QED) is 0.438. The van der Waals surface area contributed by atoms with Gasteiger partial charge in [0.2, 0.25) is 5.79 Å². The molecule has 0 radical (unpaired) electrons. The maximum Gasteiger partial charge on any atom is 0.325 e. The lowest BCUT2D eigenvalue weighted by Crippen LogP contribution is -2.48. The summed E-state index contributed by atoms with van der Waals surface area (Å²) in [6.45, 7) is -0.124. The number of hydrogen-bond donors (Lipinski definition) is 1. The summed E-state index contributed by atoms with van der Waals surface area (Å²) >= 11 is 6.01. The molecule has 7 heteroatoms. The van der Waals surface area contributed by atoms with Gasteiger partial charge in [0, 0.05) is 7.11 Å². The molecule has 5 nitrogen and oxygen atoms in total. The number of methoxy groups -OCH3 is 2. The van der Waals surface area contributed by atoms with Gasteiger partial charge in [-0.2, -0.15) is 0 Å². The Labute approximate surface area is 99.0 Å². The lowest BCUT2D eigenvalue weighted by atomic mass is 10.2. The van der Waals surface area contributed by atoms with Crippen molar-refractivity contribution in [2.24, 2.45) is 0 Å². The smallest absolute Gasteiger partial charge is 0.325 e. The molecule has 0 aliphatic heterocycles. The SMILES string of the molecule is COCO[C@@](O)(CBr)[C@@H](Br)C(=O)OC. The van der Waals surface area contributed by atoms with Gasteiger partial charge in [0.25, 0.3) is 0 Å². The Bertz CT molecular complexity index is 189. The Balaban J connectivity index is 4.41. The van der Waals surface area contributed by atoms with Gasteiger partial charge in [-0.25, -0.2) is 0 Å². The van der Waals surface area contributed by atoms with Gasteiger partial charge in [-0.1, -0.05) is 31.9 Å². The highest BCUT2D eigenvalue weighted by molar-refractivity contribution is 9.10. The lowest BCUT2D eigenvalue weighted by Gasteiger charge is -2.28. The number of carbonyl (C=O) groups is 1. The molecule has 0 heterocycles. The van der Waals surface area contributed by atoms with E-state index in [9.17, 15) is 9.90 Å². The van der Waals surface area contributed by atoms with Crippen LogP contribution in [0.1, 0.15) is 0 Å². The van der Waals surface area contributed by atoms with Crippen LogP contribution in [0, 0.1) is 0 Å². The van der Waals surface area contributed by atoms with Crippen molar-refractivity contribution < 1.29 is 24.1 Å². The highest BCUT2D eigenvalue weighted by Crippen LogP contribution is 2.23. The summed E-state index contributed by atoms with van der Waals surface area (Å²) < 4.78 is 14.0. The normalized spacial score (nSPS) is 17.2. The van der Waals surface area contributed by atoms with E-state index in [1.807, 2.05) is 0 Å². The van der Waals surface area contributed by atoms with Gasteiger partial charge in [0.1, 0.15) is 6.79 Å². The average Bonchev–Trinajstić information content (AvgIpc) is 2.23. The lowest BCUT2D eigenvalue weighted by molar-refractivity contribution is -0.228. The van der Waals surface area contributed by atoms with E-state index >= 15 is 0 Å². The fourth-order valence-electron chi connectivity index (χ4n) is 0.628. The first-order valence-corrected chi connectivity index (χ1v) is 5.68. The number of carbonyl (C=O) groups excluding carboxylic acids is 1. The van der Waals surface area contributed by atoms with E-state index in [0.29, 0.717) is 0 Å². The Hall–Kier alpha value is 0.310. The van der Waals surface area contributed by atoms with Crippen LogP contribution in [0.3, 0.4) is 0 Å². The van der Waals surface area contributed by atoms with Crippen molar-refractivity contribution in [3.05, 3.63) is 0 Å². The molecule has 2 atom stereocenters. The zero-order chi connectivity index (χ0) is 11.2. The maximum absolute atomic E-state index is 11.1. The average molecular weight is 336 g/mol. The first kappa shape index (κ1) is 14.3. The zero-order valence-corrected chi connectivity index (χ0v) is 11.0. The molecule has 1 N–H and O–H groups in total. The van der Waals surface area contributed by atoms with Crippen molar-refractivity contribution >= 4 is 37.8 Å². The van der Waals surface area contributed by atoms with E-state index in [-0.39, 0.29) is 12.1 Å². The predicted molar refractivity (Wildman–Crippen MR) is 56.4 cm³/mol. The van der Waals surface area contributed by atoms with E-state index in [1.54, 1.807) is 0 Å². The molecule has 0 rings (SSSR count). The van der Waals surface area contributed by atoms with Gasteiger partial charge in [-0.3, -0.25) is 4.79 Å². The molecule has 0 spiro atoms. The van der Waals surface area contributed by atoms with Crippen LogP contribution in [-0.2, 0) is 19.0 Å². The highest BCUT2D eigenvalue weighted by Gasteiger charge is 2.41. The fourth-order valence-corrected chi connectivity index (χ4v) is 2.03. The van der Waals surface area contributed by atoms with Crippen LogP contribution in [0.15, 0.2) is 0 Å². The summed E-state index contributed by atoms with van der Waals surface area (Å²) in [4.78, 5) is 10.1. The number of hydrogen-bond acceptors (Lipinski definition) is 5. The van der Waals surface area contributed by atoms with Crippen LogP contribution in [0.2, 0.25) is 0 Å². The molecule has 0 bridgehead atoms. The van der Waals surface area contributed by atoms with Crippen LogP contribution in [0.25, 0.3) is 0 Å². The number of ether oxygens (including phenoxy) is 3. The summed E-state index contributed by atoms with van der Waals surface area (Å²) in [5.74, 6) is -2.31. The second-order valence-electron chi connectivity index (χ2n) is 2.42. The minimum atomic E-state index is -1.69. The van der Waals surface area contributed by atoms with Gasteiger partial charge in [0.15, 0.2) is 4.83 Å². The molecular weight excluding hydrogens is 324 g/mol. The van der Waals surface area contributed by atoms with Crippen LogP contribution >= 0.6 is 31.9 Å². The monoisotopic (exact) mass is 334 g/mol. The van der Waals surface area contributed by atoms with Crippen molar-refractivity contribution in [1.82, 2.24) is 0 Å². The molecule has 0 saturated heterocycles. The topological polar surface area (TPSA) is 65.0 Å². The Morgan fingerprint density at radius 1 is 1.57 bits per heavy atom. The number of halogens is 2. The summed E-state index contributed by atoms with van der Waals surface area (Å²) in [5.41, 5.74) is 0. The molecule has 0 amide bonds. The molecule has 0 aromatic carbocycles. The first-order chi connectivity index (χ1) is 6.51. The molecule has 14 heavy (non-hydrogen) atoms. The third kappa shape index (κ3) is 3.82. The second-order valence-corrected chi connectivity index (χ2v) is 3.89. The highest BCUT2D eigenvalue weighted by atomic mass is 79.9. The molecule has 84 valence electrons. The summed E-state index contributed by atoms with van der Waals surface area (Å²) in [6, 6.07) is 0. The van der Waals surface area contributed by atoms with Crippen LogP contribution in [0.4, 0.5) is 0 Å². The molecule has 0 unspecified atom stereocenters. The number of esters is 1. The number of aliphatic hydroxyl groups is 1. The van der Waals surface area contributed by atoms with Gasteiger partial charge in [-0.15, -0.1) is 0 Å². The standard InChI is InChI=1S/C7H12Br2O5/c1-12-4-14-7(11,3-8)5(9)6(10)13-2/h5,11H,3-4H2,1-2H3/t5-,7-/m0/s1. The molecule has 0 fully saturated rings. The van der Waals surface area contributed by atoms with Crippen LogP contribution < -0.4 is 0 Å². The fraction of sp³-hybridized carbons (Fsp3) is 0.857. The van der Waals surface area contributed by atoms with E-state index in [0.717, 1.165) is 0 Å². The van der Waals surface area contributed by atoms with Crippen molar-refractivity contribution in [1.29, 1.82) is 0 Å². The minimum Gasteiger partial charge on any atom is -0.468 e. The molecule has 0 saturated carbocycles. The van der Waals surface area contributed by atoms with Crippen LogP contribution in [0.5, 0.6) is 0 Å². The van der Waals surface area contributed by atoms with Gasteiger partial charge < -0.3 is 19.3 Å². The Morgan fingerprint density at radius 3 is 2.50 bits per heavy atom. The van der Waals surface area contributed by atoms with E-state index in [4.69, 9.17) is 4.74 Å². The molecule has 0 aliphatic carbocycles. The van der Waals surface area contributed by atoms with E-state index < -0.39 is 16.6 Å². The van der Waals surface area contributed by atoms with Crippen LogP contribution in [-0.4, -0.2) is 48.0 Å². The van der Waals surface area contributed by atoms with Gasteiger partial charge >= 0.3 is 5.97 Å². The Kier molecular flexibility index (Phi) is 6.88. The minimum absolute atomic E-state index is 0.0500. The summed E-state index contributed by atoms with van der Waals surface area (Å²) in [6.07, 6.45) is 0. The maximum atomic E-state index is 11.1. The molecular formula is C7H12Br2O5. The van der Waals surface area contributed by atoms with E-state index in [1.165, 1.54) is 14.2 Å². The zero-order valence-electron chi connectivity index (χ0n) is 7.83. The third-order valence-corrected chi connectivity index (χ3v) is 3.31. The molecule has 0 aliphatic rings. The molecule has 0 aromatic heterocycles. The largest absolute Gasteiger partial charge is 0.468 e. The number of rotatable bonds is 6. The van der Waals surface area contributed by atoms with E-state index in [2.05, 4.69) is 41.3 Å². The van der Waals surface area contributed by atoms with Crippen molar-refractivity contribution in [3.8, 4) is 0 Å². The molecule has 0 aromatic rings. The van der Waals surface area contributed by atoms with Gasteiger partial charge in [-0.05, 0) is 0 Å². The third-order valence-electron chi connectivity index (χ3n) is 1.42. The first-order valence-electron chi connectivity index (χ1n) is 3.65. The summed E-state index contributed by atoms with van der Waals surface area (Å²) in [7, 11) is 2.64. The van der Waals surface area contributed by atoms with Crippen molar-refractivity contribution in [2.75, 3.05) is 26.3 Å². The Morgan fingerprint density at radius 2 is 2.14 bits per heavy atom. The number of alkyl halides is 2. The van der Waals surface area contributed by atoms with Crippen molar-refractivity contribution in [3.63, 3.8) is 0 Å². The predicted octanol–water partition coefficient (Wildman–Crippen LogP) is 0.627. The summed E-state index contributed by atoms with van der Waals surface area (Å²) in [5, 5.41) is 9.87.